The molecule has 2 N–H and O–H groups in total. The third-order valence-electron chi connectivity index (χ3n) is 3.17. The number of methoxy groups -OCH3 is 1. The van der Waals surface area contributed by atoms with Gasteiger partial charge in [0, 0.05) is 22.8 Å². The lowest BCUT2D eigenvalue weighted by Crippen LogP contribution is -2.35. The van der Waals surface area contributed by atoms with Gasteiger partial charge in [-0.2, -0.15) is 0 Å². The Morgan fingerprint density at radius 3 is 2.74 bits per heavy atom. The fourth-order valence-corrected chi connectivity index (χ4v) is 2.28. The molecule has 2 rings (SSSR count). The number of hydrogen-bond donors (Lipinski definition) is 2. The highest BCUT2D eigenvalue weighted by molar-refractivity contribution is 9.10. The molecule has 0 bridgehead atoms. The molecule has 23 heavy (non-hydrogen) atoms. The molecule has 1 aromatic heterocycles. The van der Waals surface area contributed by atoms with E-state index < -0.39 is 12.1 Å². The van der Waals surface area contributed by atoms with Crippen LogP contribution in [0.25, 0.3) is 0 Å². The first-order valence-electron chi connectivity index (χ1n) is 6.95. The second-order valence-electron chi connectivity index (χ2n) is 4.81. The minimum Gasteiger partial charge on any atom is -0.496 e. The zero-order chi connectivity index (χ0) is 16.8. The van der Waals surface area contributed by atoms with Crippen molar-refractivity contribution in [1.29, 1.82) is 0 Å². The van der Waals surface area contributed by atoms with E-state index >= 15 is 0 Å². The van der Waals surface area contributed by atoms with Gasteiger partial charge >= 0.3 is 5.97 Å². The minimum atomic E-state index is -0.903. The van der Waals surface area contributed by atoms with Crippen molar-refractivity contribution in [3.8, 4) is 5.75 Å². The predicted molar refractivity (Wildman–Crippen MR) is 88.2 cm³/mol. The van der Waals surface area contributed by atoms with Crippen molar-refractivity contribution in [3.05, 3.63) is 52.3 Å². The fourth-order valence-electron chi connectivity index (χ4n) is 1.94. The van der Waals surface area contributed by atoms with Crippen molar-refractivity contribution in [1.82, 2.24) is 10.3 Å². The van der Waals surface area contributed by atoms with Crippen LogP contribution < -0.4 is 10.1 Å². The lowest BCUT2D eigenvalue weighted by atomic mass is 10.2. The van der Waals surface area contributed by atoms with Gasteiger partial charge < -0.3 is 19.8 Å². The van der Waals surface area contributed by atoms with Crippen LogP contribution in [0, 0.1) is 0 Å². The number of ether oxygens (including phenoxy) is 2. The molecule has 1 atom stereocenters. The number of aromatic amines is 1. The molecule has 0 radical (unpaired) electrons. The van der Waals surface area contributed by atoms with E-state index in [9.17, 15) is 9.59 Å². The van der Waals surface area contributed by atoms with Gasteiger partial charge in [0.2, 0.25) is 0 Å². The summed E-state index contributed by atoms with van der Waals surface area (Å²) in [5.41, 5.74) is 1.12. The van der Waals surface area contributed by atoms with Gasteiger partial charge in [-0.05, 0) is 35.0 Å². The number of rotatable bonds is 6. The lowest BCUT2D eigenvalue weighted by molar-refractivity contribution is -0.129. The normalized spacial score (nSPS) is 11.6. The van der Waals surface area contributed by atoms with Gasteiger partial charge in [-0.25, -0.2) is 4.79 Å². The number of carbonyl (C=O) groups is 2. The van der Waals surface area contributed by atoms with Crippen LogP contribution in [0.2, 0.25) is 0 Å². The van der Waals surface area contributed by atoms with Crippen LogP contribution in [0.5, 0.6) is 5.75 Å². The maximum absolute atomic E-state index is 12.0. The first-order chi connectivity index (χ1) is 11.0. The topological polar surface area (TPSA) is 80.4 Å². The number of carbonyl (C=O) groups excluding carboxylic acids is 2. The molecular weight excluding hydrogens is 364 g/mol. The van der Waals surface area contributed by atoms with E-state index in [1.54, 1.807) is 19.4 Å². The molecule has 122 valence electrons. The van der Waals surface area contributed by atoms with Gasteiger partial charge in [-0.1, -0.05) is 18.2 Å². The van der Waals surface area contributed by atoms with E-state index in [0.29, 0.717) is 12.3 Å². The summed E-state index contributed by atoms with van der Waals surface area (Å²) < 4.78 is 11.1. The number of aromatic nitrogens is 1. The molecule has 1 amide bonds. The summed E-state index contributed by atoms with van der Waals surface area (Å²) in [7, 11) is 1.57. The minimum absolute atomic E-state index is 0.279. The van der Waals surface area contributed by atoms with Crippen LogP contribution in [0.15, 0.2) is 41.0 Å². The number of benzene rings is 1. The largest absolute Gasteiger partial charge is 0.496 e. The Balaban J connectivity index is 1.89. The van der Waals surface area contributed by atoms with Gasteiger partial charge in [-0.3, -0.25) is 4.79 Å². The summed E-state index contributed by atoms with van der Waals surface area (Å²) in [4.78, 5) is 26.7. The van der Waals surface area contributed by atoms with Crippen molar-refractivity contribution in [2.24, 2.45) is 0 Å². The summed E-state index contributed by atoms with van der Waals surface area (Å²) in [6, 6.07) is 8.96. The number of para-hydroxylation sites is 1. The van der Waals surface area contributed by atoms with Gasteiger partial charge in [0.25, 0.3) is 5.91 Å². The molecule has 0 spiro atoms. The Morgan fingerprint density at radius 1 is 1.35 bits per heavy atom. The Bertz CT molecular complexity index is 699. The third-order valence-corrected chi connectivity index (χ3v) is 3.62. The van der Waals surface area contributed by atoms with Gasteiger partial charge in [0.1, 0.15) is 11.4 Å². The summed E-state index contributed by atoms with van der Waals surface area (Å²) in [5, 5.41) is 2.72. The molecule has 0 saturated carbocycles. The molecule has 0 fully saturated rings. The molecule has 0 aliphatic heterocycles. The Labute approximate surface area is 142 Å². The highest BCUT2D eigenvalue weighted by Gasteiger charge is 2.19. The van der Waals surface area contributed by atoms with Crippen molar-refractivity contribution in [2.75, 3.05) is 7.11 Å². The second kappa shape index (κ2) is 7.82. The maximum atomic E-state index is 12.0. The zero-order valence-electron chi connectivity index (χ0n) is 12.8. The number of H-pyrrole nitrogens is 1. The predicted octanol–water partition coefficient (Wildman–Crippen LogP) is 2.65. The number of esters is 1. The van der Waals surface area contributed by atoms with E-state index in [0.717, 1.165) is 10.0 Å². The Kier molecular flexibility index (Phi) is 5.81. The van der Waals surface area contributed by atoms with Crippen LogP contribution in [0.3, 0.4) is 0 Å². The molecule has 2 aromatic rings. The number of hydrogen-bond acceptors (Lipinski definition) is 4. The van der Waals surface area contributed by atoms with Crippen molar-refractivity contribution >= 4 is 27.8 Å². The summed E-state index contributed by atoms with van der Waals surface area (Å²) in [5.74, 6) is -0.279. The lowest BCUT2D eigenvalue weighted by Gasteiger charge is -2.14. The van der Waals surface area contributed by atoms with Crippen LogP contribution in [0.4, 0.5) is 0 Å². The van der Waals surface area contributed by atoms with E-state index in [1.807, 2.05) is 24.3 Å². The molecule has 1 unspecified atom stereocenters. The number of amides is 1. The van der Waals surface area contributed by atoms with Gasteiger partial charge in [-0.15, -0.1) is 0 Å². The van der Waals surface area contributed by atoms with E-state index in [2.05, 4.69) is 26.2 Å². The zero-order valence-corrected chi connectivity index (χ0v) is 14.3. The summed E-state index contributed by atoms with van der Waals surface area (Å²) in [6.07, 6.45) is 0.711. The second-order valence-corrected chi connectivity index (χ2v) is 5.72. The SMILES string of the molecule is COc1ccccc1CNC(=O)C(C)OC(=O)c1cc(Br)c[nH]1. The van der Waals surface area contributed by atoms with Crippen LogP contribution in [-0.2, 0) is 16.1 Å². The smallest absolute Gasteiger partial charge is 0.355 e. The molecule has 0 aliphatic rings. The molecule has 1 heterocycles. The number of nitrogens with one attached hydrogen (secondary N) is 2. The molecule has 6 nitrogen and oxygen atoms in total. The highest BCUT2D eigenvalue weighted by atomic mass is 79.9. The quantitative estimate of drug-likeness (QED) is 0.754. The van der Waals surface area contributed by atoms with E-state index in [1.165, 1.54) is 6.92 Å². The van der Waals surface area contributed by atoms with Crippen molar-refractivity contribution < 1.29 is 19.1 Å². The van der Waals surface area contributed by atoms with Gasteiger partial charge in [0.05, 0.1) is 7.11 Å². The molecular formula is C16H17BrN2O4. The average molecular weight is 381 g/mol. The average Bonchev–Trinajstić information content (AvgIpc) is 2.99. The number of halogens is 1. The standard InChI is InChI=1S/C16H17BrN2O4/c1-10(23-16(21)13-7-12(17)9-18-13)15(20)19-8-11-5-3-4-6-14(11)22-2/h3-7,9-10,18H,8H2,1-2H3,(H,19,20). The van der Waals surface area contributed by atoms with Gasteiger partial charge in [0.15, 0.2) is 6.10 Å². The van der Waals surface area contributed by atoms with Crippen LogP contribution in [-0.4, -0.2) is 30.1 Å². The molecule has 1 aromatic carbocycles. The monoisotopic (exact) mass is 380 g/mol. The third kappa shape index (κ3) is 4.59. The van der Waals surface area contributed by atoms with Crippen molar-refractivity contribution in [2.45, 2.75) is 19.6 Å². The maximum Gasteiger partial charge on any atom is 0.355 e. The highest BCUT2D eigenvalue weighted by Crippen LogP contribution is 2.17. The molecule has 7 heteroatoms. The first kappa shape index (κ1) is 17.1. The summed E-state index contributed by atoms with van der Waals surface area (Å²) in [6.45, 7) is 1.81. The van der Waals surface area contributed by atoms with Crippen molar-refractivity contribution in [3.63, 3.8) is 0 Å². The molecule has 0 saturated heterocycles. The first-order valence-corrected chi connectivity index (χ1v) is 7.75. The summed E-state index contributed by atoms with van der Waals surface area (Å²) >= 11 is 3.23. The Morgan fingerprint density at radius 2 is 2.09 bits per heavy atom. The Hall–Kier alpha value is -2.28. The van der Waals surface area contributed by atoms with Crippen LogP contribution in [0.1, 0.15) is 23.0 Å². The molecule has 0 aliphatic carbocycles. The fraction of sp³-hybridized carbons (Fsp3) is 0.250. The van der Waals surface area contributed by atoms with Crippen LogP contribution >= 0.6 is 15.9 Å². The van der Waals surface area contributed by atoms with E-state index in [4.69, 9.17) is 9.47 Å². The van der Waals surface area contributed by atoms with E-state index in [-0.39, 0.29) is 11.6 Å².